The van der Waals surface area contributed by atoms with Crippen LogP contribution in [0.3, 0.4) is 0 Å². The maximum absolute atomic E-state index is 5.25. The second-order valence-corrected chi connectivity index (χ2v) is 3.05. The zero-order valence-electron chi connectivity index (χ0n) is 6.16. The van der Waals surface area contributed by atoms with Crippen LogP contribution < -0.4 is 0 Å². The normalized spacial score (nSPS) is 10.7. The van der Waals surface area contributed by atoms with Crippen molar-refractivity contribution in [1.82, 2.24) is 0 Å². The zero-order chi connectivity index (χ0) is 7.84. The van der Waals surface area contributed by atoms with E-state index in [1.54, 1.807) is 6.26 Å². The van der Waals surface area contributed by atoms with Gasteiger partial charge in [-0.2, -0.15) is 0 Å². The lowest BCUT2D eigenvalue weighted by Crippen LogP contribution is -1.71. The maximum Gasteiger partial charge on any atom is 0.135 e. The summed E-state index contributed by atoms with van der Waals surface area (Å²) in [5.41, 5.74) is 2.12. The van der Waals surface area contributed by atoms with Crippen molar-refractivity contribution in [3.8, 4) is 0 Å². The van der Waals surface area contributed by atoms with E-state index in [9.17, 15) is 0 Å². The van der Waals surface area contributed by atoms with Gasteiger partial charge in [0.1, 0.15) is 11.8 Å². The molecule has 0 radical (unpaired) electrons. The van der Waals surface area contributed by atoms with E-state index >= 15 is 0 Å². The van der Waals surface area contributed by atoms with E-state index in [0.717, 1.165) is 15.9 Å². The Kier molecular flexibility index (Phi) is 1.43. The van der Waals surface area contributed by atoms with Gasteiger partial charge < -0.3 is 4.42 Å². The average molecular weight is 164 g/mol. The lowest BCUT2D eigenvalue weighted by molar-refractivity contribution is 0.608. The molecule has 0 saturated carbocycles. The third-order valence-corrected chi connectivity index (χ3v) is 2.12. The molecule has 0 atom stereocenters. The molecule has 11 heavy (non-hydrogen) atoms. The zero-order valence-corrected chi connectivity index (χ0v) is 7.06. The van der Waals surface area contributed by atoms with Crippen molar-refractivity contribution in [2.75, 3.05) is 0 Å². The fourth-order valence-corrected chi connectivity index (χ4v) is 1.58. The molecule has 1 heterocycles. The topological polar surface area (TPSA) is 13.1 Å². The predicted molar refractivity (Wildman–Crippen MR) is 48.2 cm³/mol. The van der Waals surface area contributed by atoms with Crippen molar-refractivity contribution in [2.24, 2.45) is 0 Å². The van der Waals surface area contributed by atoms with E-state index in [0.29, 0.717) is 0 Å². The summed E-state index contributed by atoms with van der Waals surface area (Å²) in [7, 11) is 0. The van der Waals surface area contributed by atoms with Gasteiger partial charge >= 0.3 is 0 Å². The van der Waals surface area contributed by atoms with Crippen LogP contribution in [0.15, 0.2) is 33.8 Å². The van der Waals surface area contributed by atoms with Crippen LogP contribution in [0.25, 0.3) is 11.0 Å². The van der Waals surface area contributed by atoms with E-state index in [-0.39, 0.29) is 0 Å². The highest BCUT2D eigenvalue weighted by Gasteiger charge is 2.03. The summed E-state index contributed by atoms with van der Waals surface area (Å²) in [5, 5.41) is 1.12. The molecule has 0 bridgehead atoms. The molecule has 2 heteroatoms. The van der Waals surface area contributed by atoms with Gasteiger partial charge in [-0.25, -0.2) is 0 Å². The van der Waals surface area contributed by atoms with Crippen LogP contribution in [-0.4, -0.2) is 0 Å². The molecule has 2 rings (SSSR count). The van der Waals surface area contributed by atoms with Crippen LogP contribution in [0.4, 0.5) is 0 Å². The fraction of sp³-hybridized carbons (Fsp3) is 0.111. The Morgan fingerprint density at radius 1 is 1.36 bits per heavy atom. The van der Waals surface area contributed by atoms with Crippen molar-refractivity contribution in [3.63, 3.8) is 0 Å². The monoisotopic (exact) mass is 164 g/mol. The third-order valence-electron chi connectivity index (χ3n) is 1.79. The summed E-state index contributed by atoms with van der Waals surface area (Å²) < 4.78 is 5.25. The van der Waals surface area contributed by atoms with E-state index < -0.39 is 0 Å². The molecule has 0 unspecified atom stereocenters. The number of hydrogen-bond acceptors (Lipinski definition) is 2. The Labute approximate surface area is 70.4 Å². The Bertz CT molecular complexity index is 389. The molecular formula is C9H8OS. The van der Waals surface area contributed by atoms with E-state index in [1.807, 2.05) is 12.1 Å². The predicted octanol–water partition coefficient (Wildman–Crippen LogP) is 3.03. The van der Waals surface area contributed by atoms with Gasteiger partial charge in [0.15, 0.2) is 0 Å². The van der Waals surface area contributed by atoms with Crippen LogP contribution in [-0.2, 0) is 0 Å². The van der Waals surface area contributed by atoms with Crippen molar-refractivity contribution in [1.29, 1.82) is 0 Å². The Morgan fingerprint density at radius 2 is 2.18 bits per heavy atom. The summed E-state index contributed by atoms with van der Waals surface area (Å²) in [4.78, 5) is 0.915. The van der Waals surface area contributed by atoms with Crippen LogP contribution in [0.5, 0.6) is 0 Å². The standard InChI is InChI=1S/C9H8OS/c1-6-3-2-4-7-9(6)8(11)5-10-7/h2-5,11H,1H3. The van der Waals surface area contributed by atoms with Crippen LogP contribution in [0, 0.1) is 6.92 Å². The minimum absolute atomic E-state index is 0.912. The highest BCUT2D eigenvalue weighted by atomic mass is 32.1. The molecule has 0 spiro atoms. The van der Waals surface area contributed by atoms with Crippen LogP contribution >= 0.6 is 12.6 Å². The van der Waals surface area contributed by atoms with Gasteiger partial charge in [0, 0.05) is 5.39 Å². The number of thiol groups is 1. The first-order chi connectivity index (χ1) is 5.29. The van der Waals surface area contributed by atoms with E-state index in [2.05, 4.69) is 25.6 Å². The summed E-state index contributed by atoms with van der Waals surface area (Å²) in [6.45, 7) is 2.05. The summed E-state index contributed by atoms with van der Waals surface area (Å²) in [6, 6.07) is 5.98. The van der Waals surface area contributed by atoms with Crippen LogP contribution in [0.1, 0.15) is 5.56 Å². The lowest BCUT2D eigenvalue weighted by atomic mass is 10.1. The molecule has 0 N–H and O–H groups in total. The molecule has 0 fully saturated rings. The quantitative estimate of drug-likeness (QED) is 0.590. The molecule has 0 aliphatic carbocycles. The molecule has 2 aromatic rings. The minimum atomic E-state index is 0.912. The second-order valence-electron chi connectivity index (χ2n) is 2.57. The number of hydrogen-bond donors (Lipinski definition) is 1. The summed E-state index contributed by atoms with van der Waals surface area (Å²) in [6.07, 6.45) is 1.67. The Hall–Kier alpha value is -0.890. The largest absolute Gasteiger partial charge is 0.463 e. The molecular weight excluding hydrogens is 156 g/mol. The van der Waals surface area contributed by atoms with Crippen molar-refractivity contribution in [2.45, 2.75) is 11.8 Å². The maximum atomic E-state index is 5.25. The van der Waals surface area contributed by atoms with Gasteiger partial charge in [-0.05, 0) is 18.6 Å². The van der Waals surface area contributed by atoms with E-state index in [4.69, 9.17) is 4.42 Å². The number of aryl methyl sites for hydroxylation is 1. The van der Waals surface area contributed by atoms with Gasteiger partial charge in [-0.3, -0.25) is 0 Å². The van der Waals surface area contributed by atoms with Gasteiger partial charge in [-0.15, -0.1) is 12.6 Å². The smallest absolute Gasteiger partial charge is 0.135 e. The highest BCUT2D eigenvalue weighted by Crippen LogP contribution is 2.26. The molecule has 1 nitrogen and oxygen atoms in total. The molecule has 0 aliphatic heterocycles. The molecule has 56 valence electrons. The average Bonchev–Trinajstić information content (AvgIpc) is 2.34. The fourth-order valence-electron chi connectivity index (χ4n) is 1.25. The number of rotatable bonds is 0. The second kappa shape index (κ2) is 2.31. The molecule has 0 aliphatic rings. The highest BCUT2D eigenvalue weighted by molar-refractivity contribution is 7.80. The van der Waals surface area contributed by atoms with Gasteiger partial charge in [0.25, 0.3) is 0 Å². The summed E-state index contributed by atoms with van der Waals surface area (Å²) >= 11 is 4.28. The number of fused-ring (bicyclic) bond motifs is 1. The molecule has 1 aromatic heterocycles. The van der Waals surface area contributed by atoms with Gasteiger partial charge in [0.05, 0.1) is 4.90 Å². The first-order valence-electron chi connectivity index (χ1n) is 3.45. The Morgan fingerprint density at radius 3 is 2.91 bits per heavy atom. The van der Waals surface area contributed by atoms with Crippen LogP contribution in [0.2, 0.25) is 0 Å². The van der Waals surface area contributed by atoms with Crippen molar-refractivity contribution < 1.29 is 4.42 Å². The van der Waals surface area contributed by atoms with Crippen molar-refractivity contribution in [3.05, 3.63) is 30.0 Å². The number of benzene rings is 1. The lowest BCUT2D eigenvalue weighted by Gasteiger charge is -1.93. The minimum Gasteiger partial charge on any atom is -0.463 e. The first-order valence-corrected chi connectivity index (χ1v) is 3.89. The SMILES string of the molecule is Cc1cccc2occ(S)c12. The molecule has 1 aromatic carbocycles. The summed E-state index contributed by atoms with van der Waals surface area (Å²) in [5.74, 6) is 0. The number of furan rings is 1. The first kappa shape index (κ1) is 6.80. The van der Waals surface area contributed by atoms with Gasteiger partial charge in [-0.1, -0.05) is 12.1 Å². The molecule has 0 saturated heterocycles. The molecule has 0 amide bonds. The van der Waals surface area contributed by atoms with E-state index in [1.165, 1.54) is 5.56 Å². The van der Waals surface area contributed by atoms with Gasteiger partial charge in [0.2, 0.25) is 0 Å². The third kappa shape index (κ3) is 0.942. The van der Waals surface area contributed by atoms with Crippen molar-refractivity contribution >= 4 is 23.6 Å². The Balaban J connectivity index is 2.96.